The standard InChI is InChI=1S/C14H15ClFN3O/c1-2-20-10-6-9(7-18-8-10)14(19-17)11-4-3-5-12(16)13(11)15/h3-8,14,19H,2,17H2,1H3. The highest BCUT2D eigenvalue weighted by molar-refractivity contribution is 6.31. The van der Waals surface area contributed by atoms with Crippen molar-refractivity contribution in [3.63, 3.8) is 0 Å². The van der Waals surface area contributed by atoms with E-state index < -0.39 is 11.9 Å². The third kappa shape index (κ3) is 3.07. The average molecular weight is 296 g/mol. The fourth-order valence-electron chi connectivity index (χ4n) is 1.95. The lowest BCUT2D eigenvalue weighted by molar-refractivity contribution is 0.338. The SMILES string of the molecule is CCOc1cncc(C(NN)c2cccc(F)c2Cl)c1. The molecule has 0 fully saturated rings. The van der Waals surface area contributed by atoms with Crippen molar-refractivity contribution in [3.8, 4) is 5.75 Å². The topological polar surface area (TPSA) is 60.2 Å². The molecule has 1 aromatic carbocycles. The van der Waals surface area contributed by atoms with Gasteiger partial charge in [0.25, 0.3) is 0 Å². The van der Waals surface area contributed by atoms with Gasteiger partial charge in [-0.15, -0.1) is 0 Å². The smallest absolute Gasteiger partial charge is 0.142 e. The maximum absolute atomic E-state index is 13.6. The first-order chi connectivity index (χ1) is 9.67. The number of hydrazine groups is 1. The van der Waals surface area contributed by atoms with E-state index in [1.165, 1.54) is 6.07 Å². The quantitative estimate of drug-likeness (QED) is 0.658. The molecular formula is C14H15ClFN3O. The summed E-state index contributed by atoms with van der Waals surface area (Å²) in [6.45, 7) is 2.42. The van der Waals surface area contributed by atoms with Crippen molar-refractivity contribution in [3.05, 3.63) is 58.6 Å². The van der Waals surface area contributed by atoms with E-state index in [0.717, 1.165) is 5.56 Å². The highest BCUT2D eigenvalue weighted by Crippen LogP contribution is 2.30. The summed E-state index contributed by atoms with van der Waals surface area (Å²) in [7, 11) is 0. The second-order valence-electron chi connectivity index (χ2n) is 4.13. The summed E-state index contributed by atoms with van der Waals surface area (Å²) in [5.74, 6) is 5.72. The van der Waals surface area contributed by atoms with Gasteiger partial charge in [-0.25, -0.2) is 9.82 Å². The molecule has 2 aromatic rings. The van der Waals surface area contributed by atoms with Crippen molar-refractivity contribution < 1.29 is 9.13 Å². The molecule has 0 aliphatic rings. The first-order valence-electron chi connectivity index (χ1n) is 6.15. The maximum atomic E-state index is 13.6. The summed E-state index contributed by atoms with van der Waals surface area (Å²) < 4.78 is 18.9. The number of pyridine rings is 1. The molecule has 20 heavy (non-hydrogen) atoms. The molecule has 1 aromatic heterocycles. The lowest BCUT2D eigenvalue weighted by Gasteiger charge is -2.18. The van der Waals surface area contributed by atoms with Gasteiger partial charge < -0.3 is 4.74 Å². The van der Waals surface area contributed by atoms with Gasteiger partial charge in [0, 0.05) is 6.20 Å². The van der Waals surface area contributed by atoms with Crippen molar-refractivity contribution in [1.82, 2.24) is 10.4 Å². The summed E-state index contributed by atoms with van der Waals surface area (Å²) in [6, 6.07) is 5.92. The molecule has 0 radical (unpaired) electrons. The van der Waals surface area contributed by atoms with Crippen LogP contribution in [0.3, 0.4) is 0 Å². The molecule has 2 rings (SSSR count). The monoisotopic (exact) mass is 295 g/mol. The molecule has 0 saturated heterocycles. The zero-order valence-corrected chi connectivity index (χ0v) is 11.7. The predicted octanol–water partition coefficient (Wildman–Crippen LogP) is 2.83. The Morgan fingerprint density at radius 3 is 2.95 bits per heavy atom. The molecule has 0 amide bonds. The van der Waals surface area contributed by atoms with Crippen molar-refractivity contribution in [2.24, 2.45) is 5.84 Å². The lowest BCUT2D eigenvalue weighted by atomic mass is 10.0. The van der Waals surface area contributed by atoms with Crippen LogP contribution < -0.4 is 16.0 Å². The van der Waals surface area contributed by atoms with Crippen LogP contribution in [0.1, 0.15) is 24.1 Å². The van der Waals surface area contributed by atoms with E-state index in [1.54, 1.807) is 30.6 Å². The van der Waals surface area contributed by atoms with Gasteiger partial charge >= 0.3 is 0 Å². The van der Waals surface area contributed by atoms with Crippen molar-refractivity contribution in [2.75, 3.05) is 6.61 Å². The van der Waals surface area contributed by atoms with Crippen LogP contribution in [0.2, 0.25) is 5.02 Å². The van der Waals surface area contributed by atoms with Crippen molar-refractivity contribution in [2.45, 2.75) is 13.0 Å². The zero-order chi connectivity index (χ0) is 14.5. The van der Waals surface area contributed by atoms with Gasteiger partial charge in [0.1, 0.15) is 11.6 Å². The molecule has 1 atom stereocenters. The normalized spacial score (nSPS) is 12.2. The Labute approximate surface area is 121 Å². The number of nitrogens with zero attached hydrogens (tertiary/aromatic N) is 1. The van der Waals surface area contributed by atoms with E-state index in [0.29, 0.717) is 17.9 Å². The number of hydrogen-bond acceptors (Lipinski definition) is 4. The molecule has 106 valence electrons. The number of rotatable bonds is 5. The van der Waals surface area contributed by atoms with E-state index in [2.05, 4.69) is 10.4 Å². The third-order valence-electron chi connectivity index (χ3n) is 2.84. The maximum Gasteiger partial charge on any atom is 0.142 e. The zero-order valence-electron chi connectivity index (χ0n) is 10.9. The summed E-state index contributed by atoms with van der Waals surface area (Å²) in [5, 5.41) is 0.0391. The molecule has 1 unspecified atom stereocenters. The highest BCUT2D eigenvalue weighted by atomic mass is 35.5. The molecule has 0 spiro atoms. The minimum atomic E-state index is -0.488. The van der Waals surface area contributed by atoms with Crippen LogP contribution >= 0.6 is 11.6 Å². The highest BCUT2D eigenvalue weighted by Gasteiger charge is 2.18. The molecule has 0 aliphatic heterocycles. The number of nitrogens with one attached hydrogen (secondary N) is 1. The van der Waals surface area contributed by atoms with Crippen LogP contribution in [0.25, 0.3) is 0 Å². The van der Waals surface area contributed by atoms with Gasteiger partial charge in [0.15, 0.2) is 0 Å². The van der Waals surface area contributed by atoms with E-state index in [1.807, 2.05) is 6.92 Å². The van der Waals surface area contributed by atoms with Gasteiger partial charge in [-0.1, -0.05) is 23.7 Å². The van der Waals surface area contributed by atoms with Crippen LogP contribution in [0, 0.1) is 5.82 Å². The van der Waals surface area contributed by atoms with Gasteiger partial charge in [-0.05, 0) is 30.2 Å². The average Bonchev–Trinajstić information content (AvgIpc) is 2.45. The Morgan fingerprint density at radius 1 is 1.45 bits per heavy atom. The second-order valence-corrected chi connectivity index (χ2v) is 4.51. The molecule has 0 saturated carbocycles. The Balaban J connectivity index is 2.41. The van der Waals surface area contributed by atoms with Gasteiger partial charge in [0.05, 0.1) is 23.9 Å². The van der Waals surface area contributed by atoms with E-state index in [-0.39, 0.29) is 5.02 Å². The molecule has 3 N–H and O–H groups in total. The Hall–Kier alpha value is -1.69. The second kappa shape index (κ2) is 6.65. The molecule has 4 nitrogen and oxygen atoms in total. The van der Waals surface area contributed by atoms with Crippen LogP contribution in [0.15, 0.2) is 36.7 Å². The Morgan fingerprint density at radius 2 is 2.25 bits per heavy atom. The fraction of sp³-hybridized carbons (Fsp3) is 0.214. The van der Waals surface area contributed by atoms with Gasteiger partial charge in [-0.3, -0.25) is 10.8 Å². The molecule has 1 heterocycles. The number of hydrogen-bond donors (Lipinski definition) is 2. The van der Waals surface area contributed by atoms with Crippen LogP contribution in [0.4, 0.5) is 4.39 Å². The van der Waals surface area contributed by atoms with Crippen LogP contribution in [-0.2, 0) is 0 Å². The van der Waals surface area contributed by atoms with Crippen LogP contribution in [-0.4, -0.2) is 11.6 Å². The summed E-state index contributed by atoms with van der Waals surface area (Å²) in [5.41, 5.74) is 3.91. The van der Waals surface area contributed by atoms with Crippen LogP contribution in [0.5, 0.6) is 5.75 Å². The Kier molecular flexibility index (Phi) is 4.89. The predicted molar refractivity (Wildman–Crippen MR) is 76.0 cm³/mol. The molecule has 0 bridgehead atoms. The number of nitrogens with two attached hydrogens (primary N) is 1. The van der Waals surface area contributed by atoms with Gasteiger partial charge in [0.2, 0.25) is 0 Å². The first kappa shape index (κ1) is 14.7. The van der Waals surface area contributed by atoms with Crippen molar-refractivity contribution in [1.29, 1.82) is 0 Å². The minimum Gasteiger partial charge on any atom is -0.492 e. The van der Waals surface area contributed by atoms with E-state index in [4.69, 9.17) is 22.2 Å². The lowest BCUT2D eigenvalue weighted by Crippen LogP contribution is -2.29. The molecule has 0 aliphatic carbocycles. The van der Waals surface area contributed by atoms with Gasteiger partial charge in [-0.2, -0.15) is 0 Å². The van der Waals surface area contributed by atoms with E-state index >= 15 is 0 Å². The molecule has 6 heteroatoms. The number of ether oxygens (including phenoxy) is 1. The molecular weight excluding hydrogens is 281 g/mol. The number of benzene rings is 1. The van der Waals surface area contributed by atoms with E-state index in [9.17, 15) is 4.39 Å². The fourth-order valence-corrected chi connectivity index (χ4v) is 2.18. The summed E-state index contributed by atoms with van der Waals surface area (Å²) in [4.78, 5) is 4.09. The summed E-state index contributed by atoms with van der Waals surface area (Å²) in [6.07, 6.45) is 3.24. The van der Waals surface area contributed by atoms with Crippen molar-refractivity contribution >= 4 is 11.6 Å². The number of halogens is 2. The number of aromatic nitrogens is 1. The third-order valence-corrected chi connectivity index (χ3v) is 3.24. The summed E-state index contributed by atoms with van der Waals surface area (Å²) >= 11 is 6.00. The largest absolute Gasteiger partial charge is 0.492 e. The Bertz CT molecular complexity index is 594. The first-order valence-corrected chi connectivity index (χ1v) is 6.53. The minimum absolute atomic E-state index is 0.0391.